The van der Waals surface area contributed by atoms with E-state index in [0.29, 0.717) is 12.3 Å². The fraction of sp³-hybridized carbons (Fsp3) is 0.417. The van der Waals surface area contributed by atoms with Gasteiger partial charge in [0.2, 0.25) is 5.91 Å². The van der Waals surface area contributed by atoms with E-state index < -0.39 is 0 Å². The van der Waals surface area contributed by atoms with Crippen molar-refractivity contribution < 1.29 is 4.79 Å². The Hall–Kier alpha value is -0.650. The summed E-state index contributed by atoms with van der Waals surface area (Å²) in [6.07, 6.45) is 2.96. The molecule has 5 heteroatoms. The summed E-state index contributed by atoms with van der Waals surface area (Å²) in [5, 5.41) is 2.93. The number of rotatable bonds is 7. The molecule has 1 aromatic carbocycles. The predicted molar refractivity (Wildman–Crippen MR) is 77.8 cm³/mol. The van der Waals surface area contributed by atoms with Crippen LogP contribution in [0.3, 0.4) is 0 Å². The fourth-order valence-electron chi connectivity index (χ4n) is 1.28. The van der Waals surface area contributed by atoms with Gasteiger partial charge in [0.15, 0.2) is 0 Å². The maximum absolute atomic E-state index is 11.7. The molecule has 0 heterocycles. The molecular formula is C12H18N2OS2. The molecule has 1 rings (SSSR count). The van der Waals surface area contributed by atoms with E-state index in [4.69, 9.17) is 5.73 Å². The summed E-state index contributed by atoms with van der Waals surface area (Å²) in [6, 6.07) is 7.82. The first-order chi connectivity index (χ1) is 8.27. The molecule has 0 aliphatic rings. The van der Waals surface area contributed by atoms with Crippen LogP contribution in [0, 0.1) is 0 Å². The zero-order valence-corrected chi connectivity index (χ0v) is 11.6. The molecule has 0 saturated carbocycles. The lowest BCUT2D eigenvalue weighted by molar-refractivity contribution is -0.113. The third-order valence-electron chi connectivity index (χ3n) is 2.11. The van der Waals surface area contributed by atoms with Crippen molar-refractivity contribution >= 4 is 35.1 Å². The Balaban J connectivity index is 2.39. The Bertz CT molecular complexity index is 358. The molecule has 0 radical (unpaired) electrons. The van der Waals surface area contributed by atoms with Crippen LogP contribution in [0.5, 0.6) is 0 Å². The van der Waals surface area contributed by atoms with Gasteiger partial charge in [-0.1, -0.05) is 12.1 Å². The molecule has 0 spiro atoms. The maximum atomic E-state index is 11.7. The number of para-hydroxylation sites is 1. The van der Waals surface area contributed by atoms with Crippen molar-refractivity contribution in [2.45, 2.75) is 11.3 Å². The van der Waals surface area contributed by atoms with Gasteiger partial charge < -0.3 is 11.1 Å². The molecule has 0 fully saturated rings. The number of anilines is 1. The summed E-state index contributed by atoms with van der Waals surface area (Å²) in [4.78, 5) is 12.8. The molecule has 0 aliphatic heterocycles. The van der Waals surface area contributed by atoms with Crippen molar-refractivity contribution in [1.29, 1.82) is 0 Å². The average Bonchev–Trinajstić information content (AvgIpc) is 2.35. The van der Waals surface area contributed by atoms with E-state index in [-0.39, 0.29) is 5.91 Å². The molecule has 0 atom stereocenters. The summed E-state index contributed by atoms with van der Waals surface area (Å²) in [7, 11) is 0. The normalized spacial score (nSPS) is 10.2. The summed E-state index contributed by atoms with van der Waals surface area (Å²) < 4.78 is 0. The molecule has 0 aliphatic carbocycles. The lowest BCUT2D eigenvalue weighted by atomic mass is 10.3. The van der Waals surface area contributed by atoms with Crippen molar-refractivity contribution in [3.63, 3.8) is 0 Å². The van der Waals surface area contributed by atoms with Crippen molar-refractivity contribution in [2.75, 3.05) is 29.6 Å². The van der Waals surface area contributed by atoms with Gasteiger partial charge in [-0.15, -0.1) is 11.8 Å². The quantitative estimate of drug-likeness (QED) is 0.590. The van der Waals surface area contributed by atoms with E-state index in [1.165, 1.54) is 0 Å². The predicted octanol–water partition coefficient (Wildman–Crippen LogP) is 2.43. The van der Waals surface area contributed by atoms with Gasteiger partial charge in [0.05, 0.1) is 11.4 Å². The molecule has 0 saturated heterocycles. The lowest BCUT2D eigenvalue weighted by Crippen LogP contribution is -2.15. The minimum absolute atomic E-state index is 0.0496. The van der Waals surface area contributed by atoms with Crippen LogP contribution in [0.1, 0.15) is 6.42 Å². The fourth-order valence-corrected chi connectivity index (χ4v) is 2.61. The summed E-state index contributed by atoms with van der Waals surface area (Å²) in [5.74, 6) is 1.48. The van der Waals surface area contributed by atoms with E-state index >= 15 is 0 Å². The van der Waals surface area contributed by atoms with Crippen molar-refractivity contribution in [2.24, 2.45) is 5.73 Å². The molecular weight excluding hydrogens is 252 g/mol. The lowest BCUT2D eigenvalue weighted by Gasteiger charge is -2.08. The number of nitrogens with one attached hydrogen (secondary N) is 1. The Kier molecular flexibility index (Phi) is 7.16. The first-order valence-corrected chi connectivity index (χ1v) is 7.86. The van der Waals surface area contributed by atoms with Crippen molar-refractivity contribution in [1.82, 2.24) is 0 Å². The monoisotopic (exact) mass is 270 g/mol. The molecule has 0 unspecified atom stereocenters. The molecule has 17 heavy (non-hydrogen) atoms. The van der Waals surface area contributed by atoms with Crippen LogP contribution in [-0.4, -0.2) is 30.2 Å². The third kappa shape index (κ3) is 5.48. The van der Waals surface area contributed by atoms with Crippen LogP contribution < -0.4 is 11.1 Å². The van der Waals surface area contributed by atoms with Crippen LogP contribution in [0.25, 0.3) is 0 Å². The molecule has 1 aromatic rings. The number of carbonyl (C=O) groups is 1. The number of nitrogens with two attached hydrogens (primary N) is 1. The molecule has 94 valence electrons. The molecule has 0 aromatic heterocycles. The van der Waals surface area contributed by atoms with Gasteiger partial charge in [-0.25, -0.2) is 0 Å². The van der Waals surface area contributed by atoms with Crippen molar-refractivity contribution in [3.8, 4) is 0 Å². The Labute approximate surface area is 111 Å². The van der Waals surface area contributed by atoms with Crippen LogP contribution in [0.4, 0.5) is 5.69 Å². The van der Waals surface area contributed by atoms with Crippen LogP contribution in [0.2, 0.25) is 0 Å². The maximum Gasteiger partial charge on any atom is 0.234 e. The smallest absolute Gasteiger partial charge is 0.234 e. The summed E-state index contributed by atoms with van der Waals surface area (Å²) >= 11 is 3.25. The van der Waals surface area contributed by atoms with Crippen molar-refractivity contribution in [3.05, 3.63) is 24.3 Å². The van der Waals surface area contributed by atoms with Gasteiger partial charge in [0.25, 0.3) is 0 Å². The number of carbonyl (C=O) groups excluding carboxylic acids is 1. The Morgan fingerprint density at radius 1 is 1.41 bits per heavy atom. The molecule has 1 amide bonds. The van der Waals surface area contributed by atoms with Crippen LogP contribution in [0.15, 0.2) is 29.2 Å². The van der Waals surface area contributed by atoms with Crippen LogP contribution in [-0.2, 0) is 4.79 Å². The van der Waals surface area contributed by atoms with Gasteiger partial charge >= 0.3 is 0 Å². The number of benzene rings is 1. The van der Waals surface area contributed by atoms with Crippen LogP contribution >= 0.6 is 23.5 Å². The standard InChI is InChI=1S/C12H18N2OS2/c1-16-11-6-3-2-5-10(11)14-12(15)9-17-8-4-7-13/h2-3,5-6H,4,7-9,13H2,1H3,(H,14,15). The second kappa shape index (κ2) is 8.44. The van der Waals surface area contributed by atoms with Gasteiger partial charge in [0, 0.05) is 4.90 Å². The number of amides is 1. The number of thioether (sulfide) groups is 2. The van der Waals surface area contributed by atoms with Gasteiger partial charge in [0.1, 0.15) is 0 Å². The minimum atomic E-state index is 0.0496. The van der Waals surface area contributed by atoms with E-state index in [1.54, 1.807) is 23.5 Å². The van der Waals surface area contributed by atoms with E-state index in [1.807, 2.05) is 30.5 Å². The molecule has 3 nitrogen and oxygen atoms in total. The first kappa shape index (κ1) is 14.4. The van der Waals surface area contributed by atoms with E-state index in [9.17, 15) is 4.79 Å². The Morgan fingerprint density at radius 2 is 2.18 bits per heavy atom. The SMILES string of the molecule is CSc1ccccc1NC(=O)CSCCCN. The number of hydrogen-bond donors (Lipinski definition) is 2. The van der Waals surface area contributed by atoms with Gasteiger partial charge in [-0.3, -0.25) is 4.79 Å². The highest BCUT2D eigenvalue weighted by Crippen LogP contribution is 2.24. The highest BCUT2D eigenvalue weighted by molar-refractivity contribution is 8.00. The highest BCUT2D eigenvalue weighted by atomic mass is 32.2. The summed E-state index contributed by atoms with van der Waals surface area (Å²) in [5.41, 5.74) is 6.28. The second-order valence-corrected chi connectivity index (χ2v) is 5.40. The second-order valence-electron chi connectivity index (χ2n) is 3.44. The zero-order valence-electron chi connectivity index (χ0n) is 9.94. The largest absolute Gasteiger partial charge is 0.330 e. The van der Waals surface area contributed by atoms with Gasteiger partial charge in [-0.05, 0) is 37.1 Å². The third-order valence-corrected chi connectivity index (χ3v) is 3.95. The van der Waals surface area contributed by atoms with E-state index in [2.05, 4.69) is 5.32 Å². The zero-order chi connectivity index (χ0) is 12.5. The topological polar surface area (TPSA) is 55.1 Å². The number of hydrogen-bond acceptors (Lipinski definition) is 4. The molecule has 3 N–H and O–H groups in total. The Morgan fingerprint density at radius 3 is 2.88 bits per heavy atom. The average molecular weight is 270 g/mol. The first-order valence-electron chi connectivity index (χ1n) is 5.48. The summed E-state index contributed by atoms with van der Waals surface area (Å²) in [6.45, 7) is 0.684. The van der Waals surface area contributed by atoms with Gasteiger partial charge in [-0.2, -0.15) is 11.8 Å². The molecule has 0 bridgehead atoms. The van der Waals surface area contributed by atoms with E-state index in [0.717, 1.165) is 22.8 Å². The highest BCUT2D eigenvalue weighted by Gasteiger charge is 2.05. The minimum Gasteiger partial charge on any atom is -0.330 e.